The van der Waals surface area contributed by atoms with Gasteiger partial charge in [0.2, 0.25) is 0 Å². The summed E-state index contributed by atoms with van der Waals surface area (Å²) in [5.41, 5.74) is 0. The Morgan fingerprint density at radius 2 is 1.72 bits per heavy atom. The lowest BCUT2D eigenvalue weighted by atomic mass is 10.1. The van der Waals surface area contributed by atoms with Gasteiger partial charge in [0.25, 0.3) is 0 Å². The molecule has 1 saturated heterocycles. The Morgan fingerprint density at radius 3 is 2.39 bits per heavy atom. The smallest absolute Gasteiger partial charge is 0.0698 e. The largest absolute Gasteiger partial charge is 0.380 e. The molecule has 1 heterocycles. The SMILES string of the molecule is COC1CCCN(CCCCCCCCCS)C1. The summed E-state index contributed by atoms with van der Waals surface area (Å²) < 4.78 is 5.46. The first-order valence-electron chi connectivity index (χ1n) is 7.73. The van der Waals surface area contributed by atoms with Gasteiger partial charge in [-0.2, -0.15) is 12.6 Å². The second kappa shape index (κ2) is 11.1. The van der Waals surface area contributed by atoms with E-state index >= 15 is 0 Å². The van der Waals surface area contributed by atoms with Gasteiger partial charge in [0.15, 0.2) is 0 Å². The maximum absolute atomic E-state index is 5.46. The van der Waals surface area contributed by atoms with Gasteiger partial charge in [-0.3, -0.25) is 0 Å². The Kier molecular flexibility index (Phi) is 10.1. The number of nitrogens with zero attached hydrogens (tertiary/aromatic N) is 1. The first-order chi connectivity index (χ1) is 8.86. The van der Waals surface area contributed by atoms with Crippen LogP contribution in [0.15, 0.2) is 0 Å². The van der Waals surface area contributed by atoms with E-state index in [1.54, 1.807) is 0 Å². The van der Waals surface area contributed by atoms with Gasteiger partial charge >= 0.3 is 0 Å². The zero-order chi connectivity index (χ0) is 13.1. The number of thiol groups is 1. The third kappa shape index (κ3) is 7.65. The number of hydrogen-bond acceptors (Lipinski definition) is 3. The van der Waals surface area contributed by atoms with Gasteiger partial charge in [0.05, 0.1) is 6.10 Å². The van der Waals surface area contributed by atoms with E-state index in [9.17, 15) is 0 Å². The number of hydrogen-bond donors (Lipinski definition) is 1. The molecule has 0 amide bonds. The Hall–Kier alpha value is 0.270. The molecule has 0 aliphatic carbocycles. The van der Waals surface area contributed by atoms with Gasteiger partial charge in [-0.05, 0) is 44.5 Å². The van der Waals surface area contributed by atoms with Crippen molar-refractivity contribution >= 4 is 12.6 Å². The highest BCUT2D eigenvalue weighted by Crippen LogP contribution is 2.14. The molecular formula is C15H31NOS. The molecule has 0 N–H and O–H groups in total. The summed E-state index contributed by atoms with van der Waals surface area (Å²) in [6.45, 7) is 3.71. The Bertz CT molecular complexity index is 189. The van der Waals surface area contributed by atoms with Crippen molar-refractivity contribution in [3.05, 3.63) is 0 Å². The van der Waals surface area contributed by atoms with Crippen molar-refractivity contribution in [2.45, 2.75) is 63.9 Å². The zero-order valence-corrected chi connectivity index (χ0v) is 13.0. The van der Waals surface area contributed by atoms with Crippen molar-refractivity contribution < 1.29 is 4.74 Å². The van der Waals surface area contributed by atoms with Gasteiger partial charge in [-0.15, -0.1) is 0 Å². The van der Waals surface area contributed by atoms with Crippen molar-refractivity contribution in [1.82, 2.24) is 4.90 Å². The molecule has 0 aromatic heterocycles. The van der Waals surface area contributed by atoms with Gasteiger partial charge in [-0.1, -0.05) is 32.1 Å². The third-order valence-electron chi connectivity index (χ3n) is 3.93. The summed E-state index contributed by atoms with van der Waals surface area (Å²) in [6, 6.07) is 0. The van der Waals surface area contributed by atoms with Crippen LogP contribution < -0.4 is 0 Å². The van der Waals surface area contributed by atoms with Crippen molar-refractivity contribution in [1.29, 1.82) is 0 Å². The number of rotatable bonds is 10. The fraction of sp³-hybridized carbons (Fsp3) is 1.00. The number of unbranched alkanes of at least 4 members (excludes halogenated alkanes) is 6. The summed E-state index contributed by atoms with van der Waals surface area (Å²) in [7, 11) is 1.85. The van der Waals surface area contributed by atoms with E-state index in [4.69, 9.17) is 4.74 Å². The molecule has 1 atom stereocenters. The van der Waals surface area contributed by atoms with Crippen LogP contribution in [0, 0.1) is 0 Å². The molecule has 2 nitrogen and oxygen atoms in total. The van der Waals surface area contributed by atoms with Crippen LogP contribution in [0.5, 0.6) is 0 Å². The zero-order valence-electron chi connectivity index (χ0n) is 12.1. The molecule has 0 spiro atoms. The average molecular weight is 273 g/mol. The lowest BCUT2D eigenvalue weighted by Gasteiger charge is -2.31. The summed E-state index contributed by atoms with van der Waals surface area (Å²) in [5.74, 6) is 1.05. The molecule has 1 aliphatic heterocycles. The average Bonchev–Trinajstić information content (AvgIpc) is 2.42. The van der Waals surface area contributed by atoms with Crippen LogP contribution in [0.2, 0.25) is 0 Å². The van der Waals surface area contributed by atoms with Crippen molar-refractivity contribution in [2.75, 3.05) is 32.5 Å². The maximum Gasteiger partial charge on any atom is 0.0698 e. The number of ether oxygens (including phenoxy) is 1. The van der Waals surface area contributed by atoms with Gasteiger partial charge < -0.3 is 9.64 Å². The lowest BCUT2D eigenvalue weighted by molar-refractivity contribution is 0.0309. The second-order valence-corrected chi connectivity index (χ2v) is 5.95. The van der Waals surface area contributed by atoms with Crippen molar-refractivity contribution in [3.63, 3.8) is 0 Å². The third-order valence-corrected chi connectivity index (χ3v) is 4.24. The minimum atomic E-state index is 0.486. The molecule has 1 aliphatic rings. The first kappa shape index (κ1) is 16.3. The van der Waals surface area contributed by atoms with Crippen LogP contribution in [0.3, 0.4) is 0 Å². The predicted molar refractivity (Wildman–Crippen MR) is 82.6 cm³/mol. The minimum Gasteiger partial charge on any atom is -0.380 e. The van der Waals surface area contributed by atoms with Crippen molar-refractivity contribution in [2.24, 2.45) is 0 Å². The second-order valence-electron chi connectivity index (χ2n) is 5.50. The van der Waals surface area contributed by atoms with E-state index in [0.717, 1.165) is 12.3 Å². The number of methoxy groups -OCH3 is 1. The molecule has 0 radical (unpaired) electrons. The molecular weight excluding hydrogens is 242 g/mol. The fourth-order valence-corrected chi connectivity index (χ4v) is 2.96. The standard InChI is InChI=1S/C15H31NOS/c1-17-15-10-9-12-16(14-15)11-7-5-3-2-4-6-8-13-18/h15,18H,2-14H2,1H3. The van der Waals surface area contributed by atoms with Crippen LogP contribution >= 0.6 is 12.6 Å². The summed E-state index contributed by atoms with van der Waals surface area (Å²) in [6.07, 6.45) is 12.7. The minimum absolute atomic E-state index is 0.486. The molecule has 1 fully saturated rings. The predicted octanol–water partition coefficient (Wildman–Crippen LogP) is 3.76. The first-order valence-corrected chi connectivity index (χ1v) is 8.36. The van der Waals surface area contributed by atoms with E-state index in [1.807, 2.05) is 7.11 Å². The highest BCUT2D eigenvalue weighted by atomic mass is 32.1. The fourth-order valence-electron chi connectivity index (χ4n) is 2.74. The molecule has 3 heteroatoms. The van der Waals surface area contributed by atoms with Crippen LogP contribution in [0.1, 0.15) is 57.8 Å². The lowest BCUT2D eigenvalue weighted by Crippen LogP contribution is -2.39. The summed E-state index contributed by atoms with van der Waals surface area (Å²) in [4.78, 5) is 2.58. The van der Waals surface area contributed by atoms with Crippen LogP contribution in [0.25, 0.3) is 0 Å². The molecule has 18 heavy (non-hydrogen) atoms. The maximum atomic E-state index is 5.46. The molecule has 0 aromatic carbocycles. The van der Waals surface area contributed by atoms with Gasteiger partial charge in [0.1, 0.15) is 0 Å². The van der Waals surface area contributed by atoms with Crippen LogP contribution in [-0.2, 0) is 4.74 Å². The summed E-state index contributed by atoms with van der Waals surface area (Å²) >= 11 is 4.24. The number of piperidine rings is 1. The Labute approximate surface area is 119 Å². The quantitative estimate of drug-likeness (QED) is 0.481. The topological polar surface area (TPSA) is 12.5 Å². The van der Waals surface area contributed by atoms with Crippen LogP contribution in [-0.4, -0.2) is 43.5 Å². The van der Waals surface area contributed by atoms with Crippen LogP contribution in [0.4, 0.5) is 0 Å². The van der Waals surface area contributed by atoms with E-state index in [0.29, 0.717) is 6.10 Å². The summed E-state index contributed by atoms with van der Waals surface area (Å²) in [5, 5.41) is 0. The monoisotopic (exact) mass is 273 g/mol. The van der Waals surface area contributed by atoms with E-state index in [1.165, 1.54) is 70.9 Å². The van der Waals surface area contributed by atoms with Crippen molar-refractivity contribution in [3.8, 4) is 0 Å². The Balaban J connectivity index is 1.88. The molecule has 1 unspecified atom stereocenters. The number of likely N-dealkylation sites (tertiary alicyclic amines) is 1. The molecule has 0 aromatic rings. The highest BCUT2D eigenvalue weighted by molar-refractivity contribution is 7.80. The van der Waals surface area contributed by atoms with E-state index in [2.05, 4.69) is 17.5 Å². The molecule has 1 rings (SSSR count). The molecule has 0 bridgehead atoms. The Morgan fingerprint density at radius 1 is 1.06 bits per heavy atom. The van der Waals surface area contributed by atoms with E-state index in [-0.39, 0.29) is 0 Å². The highest BCUT2D eigenvalue weighted by Gasteiger charge is 2.18. The normalized spacial score (nSPS) is 21.3. The van der Waals surface area contributed by atoms with Gasteiger partial charge in [-0.25, -0.2) is 0 Å². The van der Waals surface area contributed by atoms with E-state index < -0.39 is 0 Å². The van der Waals surface area contributed by atoms with Gasteiger partial charge in [0, 0.05) is 13.7 Å². The molecule has 0 saturated carbocycles. The molecule has 108 valence electrons.